The third kappa shape index (κ3) is 3.89. The van der Waals surface area contributed by atoms with Crippen molar-refractivity contribution in [3.05, 3.63) is 57.8 Å². The number of nitrogens with one attached hydrogen (secondary N) is 1. The Bertz CT molecular complexity index is 604. The third-order valence-corrected chi connectivity index (χ3v) is 4.58. The summed E-state index contributed by atoms with van der Waals surface area (Å²) in [6, 6.07) is 10.3. The topological polar surface area (TPSA) is 12.0 Å². The van der Waals surface area contributed by atoms with Gasteiger partial charge < -0.3 is 5.32 Å². The molecular weight excluding hydrogens is 316 g/mol. The van der Waals surface area contributed by atoms with E-state index in [4.69, 9.17) is 23.2 Å². The van der Waals surface area contributed by atoms with Crippen molar-refractivity contribution < 1.29 is 4.39 Å². The van der Waals surface area contributed by atoms with Crippen LogP contribution in [0.5, 0.6) is 0 Å². The standard InChI is InChI=1S/C15H14Cl2FNS/c1-2-19-9-11-13(18)4-3-5-14(11)20-15-8-10(16)6-7-12(15)17/h3-8,19H,2,9H2,1H3. The molecule has 5 heteroatoms. The molecule has 0 fully saturated rings. The van der Waals surface area contributed by atoms with Gasteiger partial charge in [0.2, 0.25) is 0 Å². The molecule has 0 aliphatic rings. The zero-order valence-corrected chi connectivity index (χ0v) is 13.2. The summed E-state index contributed by atoms with van der Waals surface area (Å²) in [5, 5.41) is 4.37. The number of hydrogen-bond donors (Lipinski definition) is 1. The highest BCUT2D eigenvalue weighted by molar-refractivity contribution is 7.99. The summed E-state index contributed by atoms with van der Waals surface area (Å²) in [5.41, 5.74) is 0.649. The van der Waals surface area contributed by atoms with Gasteiger partial charge in [-0.1, -0.05) is 48.0 Å². The molecular formula is C15H14Cl2FNS. The van der Waals surface area contributed by atoms with Crippen molar-refractivity contribution in [2.45, 2.75) is 23.3 Å². The summed E-state index contributed by atoms with van der Waals surface area (Å²) >= 11 is 13.6. The molecule has 0 atom stereocenters. The Morgan fingerprint density at radius 3 is 2.70 bits per heavy atom. The average molecular weight is 330 g/mol. The summed E-state index contributed by atoms with van der Waals surface area (Å²) in [6.45, 7) is 3.27. The lowest BCUT2D eigenvalue weighted by atomic mass is 10.2. The van der Waals surface area contributed by atoms with Gasteiger partial charge in [0, 0.05) is 26.9 Å². The minimum absolute atomic E-state index is 0.214. The first-order valence-corrected chi connectivity index (χ1v) is 7.80. The molecule has 0 heterocycles. The van der Waals surface area contributed by atoms with Gasteiger partial charge in [0.1, 0.15) is 5.82 Å². The van der Waals surface area contributed by atoms with Crippen LogP contribution in [0.2, 0.25) is 10.0 Å². The molecule has 0 amide bonds. The maximum absolute atomic E-state index is 13.9. The molecule has 0 unspecified atom stereocenters. The van der Waals surface area contributed by atoms with Crippen molar-refractivity contribution in [2.24, 2.45) is 0 Å². The lowest BCUT2D eigenvalue weighted by molar-refractivity contribution is 0.586. The Kier molecular flexibility index (Phi) is 5.73. The van der Waals surface area contributed by atoms with E-state index in [1.807, 2.05) is 13.0 Å². The first-order valence-electron chi connectivity index (χ1n) is 6.23. The molecule has 1 N–H and O–H groups in total. The molecule has 0 radical (unpaired) electrons. The summed E-state index contributed by atoms with van der Waals surface area (Å²) < 4.78 is 13.9. The van der Waals surface area contributed by atoms with Gasteiger partial charge in [-0.05, 0) is 36.9 Å². The molecule has 0 aliphatic carbocycles. The molecule has 2 aromatic carbocycles. The molecule has 20 heavy (non-hydrogen) atoms. The van der Waals surface area contributed by atoms with Gasteiger partial charge in [-0.25, -0.2) is 4.39 Å². The third-order valence-electron chi connectivity index (χ3n) is 2.74. The number of hydrogen-bond acceptors (Lipinski definition) is 2. The minimum atomic E-state index is -0.214. The fourth-order valence-corrected chi connectivity index (χ4v) is 3.23. The van der Waals surface area contributed by atoms with E-state index in [9.17, 15) is 4.39 Å². The largest absolute Gasteiger partial charge is 0.313 e. The van der Waals surface area contributed by atoms with Crippen LogP contribution >= 0.6 is 35.0 Å². The fraction of sp³-hybridized carbons (Fsp3) is 0.200. The first kappa shape index (κ1) is 15.6. The van der Waals surface area contributed by atoms with Crippen molar-refractivity contribution in [3.8, 4) is 0 Å². The van der Waals surface area contributed by atoms with Crippen LogP contribution in [0.1, 0.15) is 12.5 Å². The Morgan fingerprint density at radius 2 is 1.95 bits per heavy atom. The average Bonchev–Trinajstić information content (AvgIpc) is 2.42. The zero-order chi connectivity index (χ0) is 14.5. The van der Waals surface area contributed by atoms with Crippen LogP contribution in [0.25, 0.3) is 0 Å². The van der Waals surface area contributed by atoms with E-state index in [2.05, 4.69) is 5.32 Å². The summed E-state index contributed by atoms with van der Waals surface area (Å²) in [7, 11) is 0. The number of benzene rings is 2. The van der Waals surface area contributed by atoms with Crippen LogP contribution in [-0.4, -0.2) is 6.54 Å². The van der Waals surface area contributed by atoms with E-state index in [0.29, 0.717) is 22.2 Å². The maximum Gasteiger partial charge on any atom is 0.128 e. The second-order valence-electron chi connectivity index (χ2n) is 4.17. The molecule has 0 aromatic heterocycles. The molecule has 106 valence electrons. The smallest absolute Gasteiger partial charge is 0.128 e. The van der Waals surface area contributed by atoms with E-state index in [1.54, 1.807) is 24.3 Å². The summed E-state index contributed by atoms with van der Waals surface area (Å²) in [5.74, 6) is -0.214. The van der Waals surface area contributed by atoms with E-state index in [1.165, 1.54) is 17.8 Å². The van der Waals surface area contributed by atoms with Gasteiger partial charge >= 0.3 is 0 Å². The van der Waals surface area contributed by atoms with Crippen LogP contribution < -0.4 is 5.32 Å². The van der Waals surface area contributed by atoms with Gasteiger partial charge in [0.15, 0.2) is 0 Å². The van der Waals surface area contributed by atoms with E-state index in [-0.39, 0.29) is 5.82 Å². The molecule has 2 rings (SSSR count). The highest BCUT2D eigenvalue weighted by Gasteiger charge is 2.11. The van der Waals surface area contributed by atoms with Crippen LogP contribution in [-0.2, 0) is 6.54 Å². The van der Waals surface area contributed by atoms with Crippen LogP contribution in [0.4, 0.5) is 4.39 Å². The highest BCUT2D eigenvalue weighted by atomic mass is 35.5. The van der Waals surface area contributed by atoms with E-state index in [0.717, 1.165) is 16.3 Å². The second-order valence-corrected chi connectivity index (χ2v) is 6.10. The van der Waals surface area contributed by atoms with Gasteiger partial charge in [0.25, 0.3) is 0 Å². The molecule has 0 aliphatic heterocycles. The second kappa shape index (κ2) is 7.32. The van der Waals surface area contributed by atoms with Gasteiger partial charge in [-0.3, -0.25) is 0 Å². The number of halogens is 3. The van der Waals surface area contributed by atoms with Crippen molar-refractivity contribution in [3.63, 3.8) is 0 Å². The van der Waals surface area contributed by atoms with Crippen LogP contribution in [0.15, 0.2) is 46.2 Å². The van der Waals surface area contributed by atoms with Crippen LogP contribution in [0, 0.1) is 5.82 Å². The Labute approximate surface area is 132 Å². The fourth-order valence-electron chi connectivity index (χ4n) is 1.73. The van der Waals surface area contributed by atoms with E-state index >= 15 is 0 Å². The van der Waals surface area contributed by atoms with Gasteiger partial charge in [-0.15, -0.1) is 0 Å². The van der Waals surface area contributed by atoms with Crippen molar-refractivity contribution in [1.29, 1.82) is 0 Å². The lowest BCUT2D eigenvalue weighted by Crippen LogP contribution is -2.13. The summed E-state index contributed by atoms with van der Waals surface area (Å²) in [4.78, 5) is 1.66. The first-order chi connectivity index (χ1) is 9.61. The SMILES string of the molecule is CCNCc1c(F)cccc1Sc1cc(Cl)ccc1Cl. The minimum Gasteiger partial charge on any atom is -0.313 e. The van der Waals surface area contributed by atoms with Crippen molar-refractivity contribution in [2.75, 3.05) is 6.54 Å². The lowest BCUT2D eigenvalue weighted by Gasteiger charge is -2.11. The number of rotatable bonds is 5. The monoisotopic (exact) mass is 329 g/mol. The predicted molar refractivity (Wildman–Crippen MR) is 84.4 cm³/mol. The molecule has 1 nitrogen and oxygen atoms in total. The molecule has 0 saturated carbocycles. The molecule has 0 saturated heterocycles. The maximum atomic E-state index is 13.9. The zero-order valence-electron chi connectivity index (χ0n) is 10.9. The highest BCUT2D eigenvalue weighted by Crippen LogP contribution is 2.37. The van der Waals surface area contributed by atoms with Crippen molar-refractivity contribution >= 4 is 35.0 Å². The Balaban J connectivity index is 2.33. The van der Waals surface area contributed by atoms with E-state index < -0.39 is 0 Å². The predicted octanol–water partition coefficient (Wildman–Crippen LogP) is 5.39. The normalized spacial score (nSPS) is 10.8. The molecule has 0 spiro atoms. The Hall–Kier alpha value is -0.740. The molecule has 2 aromatic rings. The molecule has 0 bridgehead atoms. The van der Waals surface area contributed by atoms with Crippen LogP contribution in [0.3, 0.4) is 0 Å². The van der Waals surface area contributed by atoms with Gasteiger partial charge in [-0.2, -0.15) is 0 Å². The Morgan fingerprint density at radius 1 is 1.15 bits per heavy atom. The van der Waals surface area contributed by atoms with Crippen molar-refractivity contribution in [1.82, 2.24) is 5.32 Å². The quantitative estimate of drug-likeness (QED) is 0.788. The summed E-state index contributed by atoms with van der Waals surface area (Å²) in [6.07, 6.45) is 0. The van der Waals surface area contributed by atoms with Gasteiger partial charge in [0.05, 0.1) is 5.02 Å².